The summed E-state index contributed by atoms with van der Waals surface area (Å²) < 4.78 is 0. The predicted molar refractivity (Wildman–Crippen MR) is 158 cm³/mol. The molecular formula is C35H40Si. The molecule has 2 radical (unpaired) electrons. The number of benzene rings is 3. The Balaban J connectivity index is 1.27. The van der Waals surface area contributed by atoms with Crippen molar-refractivity contribution in [1.82, 2.24) is 0 Å². The largest absolute Gasteiger partial charge is 0.0817 e. The lowest BCUT2D eigenvalue weighted by molar-refractivity contribution is 0.647. The Labute approximate surface area is 221 Å². The SMILES string of the molecule is CC1=Cc2cc(CC(C)C)ccc2C1C[Si]c1ccc(C2C(C)=Cc3cc(CC(C)C)ccc32)cc1. The molecule has 184 valence electrons. The molecule has 5 rings (SSSR count). The number of hydrogen-bond donors (Lipinski definition) is 0. The van der Waals surface area contributed by atoms with Crippen molar-refractivity contribution in [3.63, 3.8) is 0 Å². The van der Waals surface area contributed by atoms with E-state index in [9.17, 15) is 0 Å². The second-order valence-corrected chi connectivity index (χ2v) is 13.2. The Hall–Kier alpha value is -2.64. The molecule has 0 N–H and O–H groups in total. The van der Waals surface area contributed by atoms with Crippen molar-refractivity contribution in [3.8, 4) is 0 Å². The zero-order chi connectivity index (χ0) is 25.4. The van der Waals surface area contributed by atoms with Gasteiger partial charge in [-0.25, -0.2) is 0 Å². The maximum absolute atomic E-state index is 2.43. The van der Waals surface area contributed by atoms with Gasteiger partial charge in [0.05, 0.1) is 9.52 Å². The van der Waals surface area contributed by atoms with Gasteiger partial charge in [-0.1, -0.05) is 117 Å². The summed E-state index contributed by atoms with van der Waals surface area (Å²) in [6, 6.07) is 25.1. The molecule has 0 spiro atoms. The minimum atomic E-state index is 0.400. The maximum Gasteiger partial charge on any atom is 0.0817 e. The first-order valence-corrected chi connectivity index (χ1v) is 14.9. The highest BCUT2D eigenvalue weighted by Gasteiger charge is 2.25. The molecule has 0 saturated carbocycles. The van der Waals surface area contributed by atoms with Crippen LogP contribution in [0.25, 0.3) is 12.2 Å². The quantitative estimate of drug-likeness (QED) is 0.279. The van der Waals surface area contributed by atoms with Gasteiger partial charge in [-0.15, -0.1) is 0 Å². The molecule has 2 atom stereocenters. The second kappa shape index (κ2) is 10.4. The number of allylic oxidation sites excluding steroid dienone is 2. The first-order chi connectivity index (χ1) is 17.3. The zero-order valence-corrected chi connectivity index (χ0v) is 23.9. The lowest BCUT2D eigenvalue weighted by Gasteiger charge is -2.17. The number of rotatable bonds is 8. The average Bonchev–Trinajstić information content (AvgIpc) is 3.31. The van der Waals surface area contributed by atoms with E-state index in [1.807, 2.05) is 0 Å². The van der Waals surface area contributed by atoms with Gasteiger partial charge in [0.1, 0.15) is 0 Å². The fourth-order valence-corrected chi connectivity index (χ4v) is 7.55. The molecule has 0 aromatic heterocycles. The molecule has 0 aliphatic heterocycles. The summed E-state index contributed by atoms with van der Waals surface area (Å²) >= 11 is 0. The lowest BCUT2D eigenvalue weighted by atomic mass is 9.88. The number of hydrogen-bond acceptors (Lipinski definition) is 0. The fourth-order valence-electron chi connectivity index (χ4n) is 6.17. The van der Waals surface area contributed by atoms with Crippen molar-refractivity contribution in [3.05, 3.63) is 111 Å². The Kier molecular flexibility index (Phi) is 7.22. The van der Waals surface area contributed by atoms with Gasteiger partial charge in [-0.2, -0.15) is 0 Å². The summed E-state index contributed by atoms with van der Waals surface area (Å²) in [6.45, 7) is 13.8. The Morgan fingerprint density at radius 1 is 0.667 bits per heavy atom. The molecule has 0 saturated heterocycles. The van der Waals surface area contributed by atoms with Gasteiger partial charge < -0.3 is 0 Å². The van der Waals surface area contributed by atoms with Crippen LogP contribution < -0.4 is 5.19 Å². The van der Waals surface area contributed by atoms with Gasteiger partial charge in [0, 0.05) is 11.8 Å². The molecule has 3 aromatic rings. The minimum absolute atomic E-state index is 0.400. The van der Waals surface area contributed by atoms with Gasteiger partial charge in [-0.3, -0.25) is 0 Å². The summed E-state index contributed by atoms with van der Waals surface area (Å²) in [5, 5.41) is 1.48. The molecule has 0 fully saturated rings. The monoisotopic (exact) mass is 488 g/mol. The molecule has 0 nitrogen and oxygen atoms in total. The Morgan fingerprint density at radius 2 is 1.22 bits per heavy atom. The van der Waals surface area contributed by atoms with Crippen LogP contribution in [0.15, 0.2) is 71.8 Å². The van der Waals surface area contributed by atoms with Gasteiger partial charge in [-0.05, 0) is 83.5 Å². The van der Waals surface area contributed by atoms with Gasteiger partial charge in [0.2, 0.25) is 0 Å². The van der Waals surface area contributed by atoms with Crippen molar-refractivity contribution in [2.24, 2.45) is 11.8 Å². The van der Waals surface area contributed by atoms with Gasteiger partial charge in [0.25, 0.3) is 0 Å². The smallest absolute Gasteiger partial charge is 0.0655 e. The van der Waals surface area contributed by atoms with E-state index >= 15 is 0 Å². The van der Waals surface area contributed by atoms with E-state index < -0.39 is 0 Å². The molecule has 1 heteroatoms. The van der Waals surface area contributed by atoms with Crippen LogP contribution in [0.5, 0.6) is 0 Å². The first kappa shape index (κ1) is 25.0. The van der Waals surface area contributed by atoms with E-state index in [0.29, 0.717) is 23.7 Å². The van der Waals surface area contributed by atoms with Crippen LogP contribution in [0.2, 0.25) is 6.04 Å². The van der Waals surface area contributed by atoms with E-state index in [-0.39, 0.29) is 0 Å². The number of fused-ring (bicyclic) bond motifs is 2. The van der Waals surface area contributed by atoms with Crippen LogP contribution in [-0.2, 0) is 12.8 Å². The minimum Gasteiger partial charge on any atom is -0.0655 e. The highest BCUT2D eigenvalue weighted by atomic mass is 28.2. The molecule has 3 aromatic carbocycles. The summed E-state index contributed by atoms with van der Waals surface area (Å²) in [6.07, 6.45) is 7.15. The zero-order valence-electron chi connectivity index (χ0n) is 22.9. The van der Waals surface area contributed by atoms with E-state index in [0.717, 1.165) is 22.4 Å². The first-order valence-electron chi connectivity index (χ1n) is 13.7. The highest BCUT2D eigenvalue weighted by molar-refractivity contribution is 6.53. The maximum atomic E-state index is 2.43. The summed E-state index contributed by atoms with van der Waals surface area (Å²) in [5.41, 5.74) is 13.2. The van der Waals surface area contributed by atoms with Crippen LogP contribution in [-0.4, -0.2) is 9.52 Å². The van der Waals surface area contributed by atoms with Crippen LogP contribution in [0.4, 0.5) is 0 Å². The third-order valence-electron chi connectivity index (χ3n) is 7.80. The van der Waals surface area contributed by atoms with Crippen molar-refractivity contribution in [2.75, 3.05) is 0 Å². The molecule has 0 heterocycles. The van der Waals surface area contributed by atoms with Crippen molar-refractivity contribution in [1.29, 1.82) is 0 Å². The molecular weight excluding hydrogens is 448 g/mol. The highest BCUT2D eigenvalue weighted by Crippen LogP contribution is 2.41. The van der Waals surface area contributed by atoms with E-state index in [1.54, 1.807) is 0 Å². The third-order valence-corrected chi connectivity index (χ3v) is 9.16. The molecule has 2 aliphatic rings. The van der Waals surface area contributed by atoms with Crippen molar-refractivity contribution >= 4 is 26.9 Å². The van der Waals surface area contributed by atoms with Crippen molar-refractivity contribution in [2.45, 2.75) is 72.3 Å². The Bertz CT molecular complexity index is 1300. The normalized spacial score (nSPS) is 18.4. The predicted octanol–water partition coefficient (Wildman–Crippen LogP) is 8.58. The summed E-state index contributed by atoms with van der Waals surface area (Å²) in [4.78, 5) is 0. The van der Waals surface area contributed by atoms with E-state index in [2.05, 4.69) is 114 Å². The summed E-state index contributed by atoms with van der Waals surface area (Å²) in [7, 11) is 0.834. The standard InChI is InChI=1S/C35H40Si/c1-22(2)15-26-7-13-32-29(19-26)17-24(5)34(32)21-36-31-11-9-28(10-12-31)35-25(6)18-30-20-27(16-23(3)4)8-14-33(30)35/h7-14,17-20,22-23,34-35H,15-16,21H2,1-6H3. The molecule has 36 heavy (non-hydrogen) atoms. The third kappa shape index (κ3) is 5.23. The summed E-state index contributed by atoms with van der Waals surface area (Å²) in [5.74, 6) is 2.36. The lowest BCUT2D eigenvalue weighted by Crippen LogP contribution is -2.17. The van der Waals surface area contributed by atoms with Gasteiger partial charge in [0.15, 0.2) is 0 Å². The van der Waals surface area contributed by atoms with E-state index in [4.69, 9.17) is 0 Å². The second-order valence-electron chi connectivity index (χ2n) is 11.9. The van der Waals surface area contributed by atoms with Crippen molar-refractivity contribution < 1.29 is 0 Å². The van der Waals surface area contributed by atoms with Crippen LogP contribution in [0.3, 0.4) is 0 Å². The molecule has 2 unspecified atom stereocenters. The fraction of sp³-hybridized carbons (Fsp3) is 0.371. The van der Waals surface area contributed by atoms with Crippen LogP contribution >= 0.6 is 0 Å². The van der Waals surface area contributed by atoms with E-state index in [1.165, 1.54) is 61.3 Å². The molecule has 0 amide bonds. The average molecular weight is 489 g/mol. The van der Waals surface area contributed by atoms with Gasteiger partial charge >= 0.3 is 0 Å². The molecule has 0 bridgehead atoms. The Morgan fingerprint density at radius 3 is 1.83 bits per heavy atom. The molecule has 2 aliphatic carbocycles. The van der Waals surface area contributed by atoms with Crippen LogP contribution in [0.1, 0.15) is 92.3 Å². The van der Waals surface area contributed by atoms with Crippen LogP contribution in [0, 0.1) is 11.8 Å². The topological polar surface area (TPSA) is 0 Å².